The van der Waals surface area contributed by atoms with Gasteiger partial charge in [-0.1, -0.05) is 13.0 Å². The number of hydrogen-bond acceptors (Lipinski definition) is 1. The second-order valence-electron chi connectivity index (χ2n) is 3.13. The van der Waals surface area contributed by atoms with Crippen molar-refractivity contribution in [3.8, 4) is 0 Å². The second kappa shape index (κ2) is 2.67. The van der Waals surface area contributed by atoms with Gasteiger partial charge in [0, 0.05) is 11.5 Å². The molecule has 0 amide bonds. The van der Waals surface area contributed by atoms with Crippen molar-refractivity contribution in [3.05, 3.63) is 41.9 Å². The molecular weight excluding hydrogens is 148 g/mol. The molecule has 2 rings (SSSR count). The van der Waals surface area contributed by atoms with Crippen molar-refractivity contribution in [2.75, 3.05) is 0 Å². The summed E-state index contributed by atoms with van der Waals surface area (Å²) in [6, 6.07) is 3.87. The topological polar surface area (TPSA) is 13.1 Å². The fourth-order valence-corrected chi connectivity index (χ4v) is 1.53. The maximum absolute atomic E-state index is 5.30. The summed E-state index contributed by atoms with van der Waals surface area (Å²) in [4.78, 5) is 0. The predicted octanol–water partition coefficient (Wildman–Crippen LogP) is 3.06. The molecule has 1 aromatic heterocycles. The summed E-state index contributed by atoms with van der Waals surface area (Å²) >= 11 is 0. The summed E-state index contributed by atoms with van der Waals surface area (Å²) < 4.78 is 5.30. The molecule has 0 aromatic carbocycles. The van der Waals surface area contributed by atoms with E-state index in [1.165, 1.54) is 5.57 Å². The fraction of sp³-hybridized carbons (Fsp3) is 0.273. The lowest BCUT2D eigenvalue weighted by Gasteiger charge is -1.96. The van der Waals surface area contributed by atoms with Crippen LogP contribution in [0.3, 0.4) is 0 Å². The van der Waals surface area contributed by atoms with Crippen molar-refractivity contribution in [2.45, 2.75) is 13.8 Å². The highest BCUT2D eigenvalue weighted by Gasteiger charge is 2.14. The van der Waals surface area contributed by atoms with Crippen LogP contribution < -0.4 is 0 Å². The molecule has 61 valence electrons. The summed E-state index contributed by atoms with van der Waals surface area (Å²) in [5, 5.41) is 0. The third kappa shape index (κ3) is 1.11. The lowest BCUT2D eigenvalue weighted by molar-refractivity contribution is 0.553. The lowest BCUT2D eigenvalue weighted by Crippen LogP contribution is -1.78. The van der Waals surface area contributed by atoms with Crippen LogP contribution in [0.25, 0.3) is 5.57 Å². The predicted molar refractivity (Wildman–Crippen MR) is 48.3 cm³/mol. The van der Waals surface area contributed by atoms with Crippen molar-refractivity contribution in [2.24, 2.45) is 5.92 Å². The molecule has 1 atom stereocenters. The van der Waals surface area contributed by atoms with Gasteiger partial charge in [-0.2, -0.15) is 0 Å². The molecule has 1 heteroatoms. The minimum Gasteiger partial charge on any atom is -0.464 e. The van der Waals surface area contributed by atoms with Crippen LogP contribution in [0, 0.1) is 12.0 Å². The number of hydrogen-bond donors (Lipinski definition) is 0. The third-order valence-corrected chi connectivity index (χ3v) is 2.03. The number of allylic oxidation sites excluding steroid dienone is 4. The van der Waals surface area contributed by atoms with E-state index in [2.05, 4.69) is 26.0 Å². The normalized spacial score (nSPS) is 22.3. The summed E-state index contributed by atoms with van der Waals surface area (Å²) in [6.07, 6.45) is 7.22. The Hall–Kier alpha value is -1.24. The van der Waals surface area contributed by atoms with E-state index in [1.807, 2.05) is 12.1 Å². The Kier molecular flexibility index (Phi) is 1.65. The fourth-order valence-electron chi connectivity index (χ4n) is 1.53. The van der Waals surface area contributed by atoms with Gasteiger partial charge < -0.3 is 4.42 Å². The molecule has 1 radical (unpaired) electrons. The Morgan fingerprint density at radius 3 is 2.83 bits per heavy atom. The molecule has 0 spiro atoms. The highest BCUT2D eigenvalue weighted by molar-refractivity contribution is 5.76. The van der Waals surface area contributed by atoms with Crippen LogP contribution in [-0.4, -0.2) is 0 Å². The quantitative estimate of drug-likeness (QED) is 0.613. The molecule has 1 unspecified atom stereocenters. The SMILES string of the molecule is CC1=CC(C)[C]=C1c1ccco1. The third-order valence-electron chi connectivity index (χ3n) is 2.03. The van der Waals surface area contributed by atoms with Gasteiger partial charge in [-0.05, 0) is 30.7 Å². The van der Waals surface area contributed by atoms with Gasteiger partial charge in [0.15, 0.2) is 0 Å². The maximum Gasteiger partial charge on any atom is 0.134 e. The smallest absolute Gasteiger partial charge is 0.134 e. The summed E-state index contributed by atoms with van der Waals surface area (Å²) in [5.41, 5.74) is 2.38. The minimum absolute atomic E-state index is 0.421. The van der Waals surface area contributed by atoms with Crippen LogP contribution in [0.2, 0.25) is 0 Å². The molecular formula is C11H11O. The Balaban J connectivity index is 2.39. The molecule has 0 aliphatic heterocycles. The van der Waals surface area contributed by atoms with Gasteiger partial charge in [-0.15, -0.1) is 0 Å². The highest BCUT2D eigenvalue weighted by atomic mass is 16.3. The first-order valence-corrected chi connectivity index (χ1v) is 4.13. The van der Waals surface area contributed by atoms with E-state index in [1.54, 1.807) is 6.26 Å². The Labute approximate surface area is 72.4 Å². The van der Waals surface area contributed by atoms with Gasteiger partial charge in [0.25, 0.3) is 0 Å². The van der Waals surface area contributed by atoms with Crippen LogP contribution in [0.4, 0.5) is 0 Å². The molecule has 1 nitrogen and oxygen atoms in total. The standard InChI is InChI=1S/C11H11O/c1-8-6-9(2)10(7-8)11-4-3-5-12-11/h3-6,8H,1-2H3. The van der Waals surface area contributed by atoms with E-state index < -0.39 is 0 Å². The zero-order chi connectivity index (χ0) is 8.55. The monoisotopic (exact) mass is 159 g/mol. The van der Waals surface area contributed by atoms with Gasteiger partial charge in [-0.3, -0.25) is 0 Å². The van der Waals surface area contributed by atoms with Crippen LogP contribution in [0.15, 0.2) is 34.5 Å². The van der Waals surface area contributed by atoms with Gasteiger partial charge in [0.05, 0.1) is 6.26 Å². The Bertz CT molecular complexity index is 328. The Morgan fingerprint density at radius 2 is 2.33 bits per heavy atom. The van der Waals surface area contributed by atoms with Gasteiger partial charge >= 0.3 is 0 Å². The average Bonchev–Trinajstić information content (AvgIpc) is 2.58. The van der Waals surface area contributed by atoms with Crippen molar-refractivity contribution in [1.29, 1.82) is 0 Å². The van der Waals surface area contributed by atoms with Crippen LogP contribution in [0.1, 0.15) is 19.6 Å². The van der Waals surface area contributed by atoms with Crippen LogP contribution in [0.5, 0.6) is 0 Å². The average molecular weight is 159 g/mol. The molecule has 1 heterocycles. The zero-order valence-electron chi connectivity index (χ0n) is 7.29. The van der Waals surface area contributed by atoms with Crippen molar-refractivity contribution < 1.29 is 4.42 Å². The molecule has 0 bridgehead atoms. The van der Waals surface area contributed by atoms with Crippen LogP contribution >= 0.6 is 0 Å². The van der Waals surface area contributed by atoms with E-state index in [0.29, 0.717) is 5.92 Å². The number of rotatable bonds is 1. The van der Waals surface area contributed by atoms with E-state index in [-0.39, 0.29) is 0 Å². The van der Waals surface area contributed by atoms with Crippen molar-refractivity contribution in [1.82, 2.24) is 0 Å². The van der Waals surface area contributed by atoms with Gasteiger partial charge in [-0.25, -0.2) is 0 Å². The number of furan rings is 1. The summed E-state index contributed by atoms with van der Waals surface area (Å²) in [5.74, 6) is 1.35. The molecule has 0 saturated carbocycles. The van der Waals surface area contributed by atoms with E-state index in [9.17, 15) is 0 Å². The molecule has 0 saturated heterocycles. The summed E-state index contributed by atoms with van der Waals surface area (Å²) in [6.45, 7) is 4.22. The molecule has 1 aromatic rings. The van der Waals surface area contributed by atoms with Crippen molar-refractivity contribution >= 4 is 5.57 Å². The first kappa shape index (κ1) is 7.41. The molecule has 1 aliphatic carbocycles. The summed E-state index contributed by atoms with van der Waals surface area (Å²) in [7, 11) is 0. The minimum atomic E-state index is 0.421. The molecule has 1 aliphatic rings. The highest BCUT2D eigenvalue weighted by Crippen LogP contribution is 2.30. The molecule has 0 N–H and O–H groups in total. The Morgan fingerprint density at radius 1 is 1.50 bits per heavy atom. The van der Waals surface area contributed by atoms with E-state index in [0.717, 1.165) is 11.3 Å². The largest absolute Gasteiger partial charge is 0.464 e. The van der Waals surface area contributed by atoms with Crippen molar-refractivity contribution in [3.63, 3.8) is 0 Å². The van der Waals surface area contributed by atoms with Gasteiger partial charge in [0.2, 0.25) is 0 Å². The second-order valence-corrected chi connectivity index (χ2v) is 3.13. The zero-order valence-corrected chi connectivity index (χ0v) is 7.29. The van der Waals surface area contributed by atoms with E-state index in [4.69, 9.17) is 4.42 Å². The first-order valence-electron chi connectivity index (χ1n) is 4.13. The maximum atomic E-state index is 5.30. The van der Waals surface area contributed by atoms with Gasteiger partial charge in [0.1, 0.15) is 5.76 Å². The molecule has 0 fully saturated rings. The lowest BCUT2D eigenvalue weighted by atomic mass is 10.1. The van der Waals surface area contributed by atoms with Crippen LogP contribution in [-0.2, 0) is 0 Å². The van der Waals surface area contributed by atoms with E-state index >= 15 is 0 Å². The first-order chi connectivity index (χ1) is 5.77. The molecule has 12 heavy (non-hydrogen) atoms.